The summed E-state index contributed by atoms with van der Waals surface area (Å²) in [5, 5.41) is 0.835. The molecule has 0 radical (unpaired) electrons. The number of para-hydroxylation sites is 1. The number of hydrogen-bond acceptors (Lipinski definition) is 4. The predicted molar refractivity (Wildman–Crippen MR) is 129 cm³/mol. The van der Waals surface area contributed by atoms with Crippen LogP contribution in [0.3, 0.4) is 0 Å². The van der Waals surface area contributed by atoms with Crippen LogP contribution in [0.25, 0.3) is 15.9 Å². The van der Waals surface area contributed by atoms with E-state index in [1.54, 1.807) is 35.2 Å². The van der Waals surface area contributed by atoms with Crippen molar-refractivity contribution >= 4 is 44.7 Å². The van der Waals surface area contributed by atoms with E-state index in [0.29, 0.717) is 27.5 Å². The van der Waals surface area contributed by atoms with E-state index in [2.05, 4.69) is 0 Å². The maximum absolute atomic E-state index is 13.5. The number of benzene rings is 2. The molecular formula is C24H20ClN3O3S. The van der Waals surface area contributed by atoms with Crippen LogP contribution in [0.5, 0.6) is 0 Å². The Morgan fingerprint density at radius 1 is 1.09 bits per heavy atom. The van der Waals surface area contributed by atoms with Crippen molar-refractivity contribution in [2.45, 2.75) is 26.3 Å². The van der Waals surface area contributed by atoms with Crippen molar-refractivity contribution in [1.29, 1.82) is 0 Å². The summed E-state index contributed by atoms with van der Waals surface area (Å²) in [5.41, 5.74) is 1.43. The van der Waals surface area contributed by atoms with Gasteiger partial charge in [0, 0.05) is 22.1 Å². The summed E-state index contributed by atoms with van der Waals surface area (Å²) < 4.78 is 2.51. The van der Waals surface area contributed by atoms with Gasteiger partial charge in [-0.1, -0.05) is 35.9 Å². The smallest absolute Gasteiger partial charge is 0.311 e. The second kappa shape index (κ2) is 8.07. The van der Waals surface area contributed by atoms with Crippen molar-refractivity contribution in [2.24, 2.45) is 0 Å². The maximum atomic E-state index is 13.5. The molecule has 2 aromatic heterocycles. The number of hydrogen-bond donors (Lipinski definition) is 0. The van der Waals surface area contributed by atoms with Crippen molar-refractivity contribution in [3.63, 3.8) is 0 Å². The minimum absolute atomic E-state index is 0.148. The molecule has 0 spiro atoms. The molecule has 6 nitrogen and oxygen atoms in total. The predicted octanol–water partition coefficient (Wildman–Crippen LogP) is 4.16. The molecule has 162 valence electrons. The van der Waals surface area contributed by atoms with Crippen LogP contribution in [0, 0.1) is 6.92 Å². The number of carbonyl (C=O) groups is 1. The van der Waals surface area contributed by atoms with E-state index in [1.807, 2.05) is 31.2 Å². The summed E-state index contributed by atoms with van der Waals surface area (Å²) in [7, 11) is 0. The Morgan fingerprint density at radius 2 is 1.91 bits per heavy atom. The zero-order chi connectivity index (χ0) is 22.4. The van der Waals surface area contributed by atoms with Gasteiger partial charge in [-0.15, -0.1) is 11.3 Å². The molecule has 8 heteroatoms. The Labute approximate surface area is 192 Å². The summed E-state index contributed by atoms with van der Waals surface area (Å²) in [5.74, 6) is -0.178. The van der Waals surface area contributed by atoms with E-state index >= 15 is 0 Å². The first kappa shape index (κ1) is 20.7. The van der Waals surface area contributed by atoms with Crippen molar-refractivity contribution in [3.05, 3.63) is 90.9 Å². The monoisotopic (exact) mass is 465 g/mol. The molecule has 1 aliphatic heterocycles. The number of carbonyl (C=O) groups excluding carboxylic acids is 1. The lowest BCUT2D eigenvalue weighted by Crippen LogP contribution is -2.43. The molecule has 2 aromatic carbocycles. The number of rotatable bonds is 3. The van der Waals surface area contributed by atoms with Crippen molar-refractivity contribution in [2.75, 3.05) is 11.4 Å². The molecule has 0 atom stereocenters. The van der Waals surface area contributed by atoms with E-state index in [-0.39, 0.29) is 12.5 Å². The minimum atomic E-state index is -0.551. The van der Waals surface area contributed by atoms with E-state index in [4.69, 9.17) is 11.6 Å². The van der Waals surface area contributed by atoms with E-state index in [0.717, 1.165) is 33.5 Å². The van der Waals surface area contributed by atoms with Crippen LogP contribution in [-0.2, 0) is 17.8 Å². The second-order valence-corrected chi connectivity index (χ2v) is 9.51. The summed E-state index contributed by atoms with van der Waals surface area (Å²) in [6.45, 7) is 2.33. The van der Waals surface area contributed by atoms with Gasteiger partial charge in [-0.05, 0) is 55.7 Å². The standard InChI is InChI=1S/C24H20ClN3O3S/c1-15-12-19-22(30)28(18-9-4-8-17(25)13-18)24(31)27(23(19)32-15)14-21(29)26-11-5-7-16-6-2-3-10-20(16)26/h2-4,6,8-10,12-13H,5,7,11,14H2,1H3. The Morgan fingerprint density at radius 3 is 2.72 bits per heavy atom. The van der Waals surface area contributed by atoms with Crippen LogP contribution in [0.4, 0.5) is 5.69 Å². The molecule has 1 amide bonds. The van der Waals surface area contributed by atoms with Crippen LogP contribution in [-0.4, -0.2) is 21.6 Å². The highest BCUT2D eigenvalue weighted by Gasteiger charge is 2.25. The molecular weight excluding hydrogens is 446 g/mol. The SMILES string of the molecule is Cc1cc2c(=O)n(-c3cccc(Cl)c3)c(=O)n(CC(=O)N3CCCc4ccccc43)c2s1. The third-order valence-corrected chi connectivity index (χ3v) is 7.02. The van der Waals surface area contributed by atoms with Gasteiger partial charge in [0.2, 0.25) is 5.91 Å². The van der Waals surface area contributed by atoms with Gasteiger partial charge in [0.05, 0.1) is 11.1 Å². The maximum Gasteiger partial charge on any atom is 0.337 e. The number of anilines is 1. The molecule has 0 fully saturated rings. The molecule has 0 saturated carbocycles. The first-order valence-electron chi connectivity index (χ1n) is 10.3. The fourth-order valence-electron chi connectivity index (χ4n) is 4.27. The fourth-order valence-corrected chi connectivity index (χ4v) is 5.44. The Bertz CT molecular complexity index is 1480. The van der Waals surface area contributed by atoms with Crippen molar-refractivity contribution < 1.29 is 4.79 Å². The Kier molecular flexibility index (Phi) is 5.23. The highest BCUT2D eigenvalue weighted by Crippen LogP contribution is 2.28. The van der Waals surface area contributed by atoms with Crippen LogP contribution in [0.2, 0.25) is 5.02 Å². The molecule has 0 N–H and O–H groups in total. The van der Waals surface area contributed by atoms with Gasteiger partial charge in [-0.2, -0.15) is 0 Å². The number of fused-ring (bicyclic) bond motifs is 2. The van der Waals surface area contributed by atoms with Crippen molar-refractivity contribution in [1.82, 2.24) is 9.13 Å². The third kappa shape index (κ3) is 3.47. The molecule has 0 bridgehead atoms. The van der Waals surface area contributed by atoms with Crippen molar-refractivity contribution in [3.8, 4) is 5.69 Å². The van der Waals surface area contributed by atoms with Gasteiger partial charge in [-0.25, -0.2) is 9.36 Å². The molecule has 3 heterocycles. The van der Waals surface area contributed by atoms with Gasteiger partial charge in [0.1, 0.15) is 11.4 Å². The molecule has 0 aliphatic carbocycles. The zero-order valence-electron chi connectivity index (χ0n) is 17.4. The molecule has 0 unspecified atom stereocenters. The molecule has 5 rings (SSSR count). The lowest BCUT2D eigenvalue weighted by Gasteiger charge is -2.29. The second-order valence-electron chi connectivity index (χ2n) is 7.84. The van der Waals surface area contributed by atoms with E-state index in [1.165, 1.54) is 15.9 Å². The van der Waals surface area contributed by atoms with E-state index in [9.17, 15) is 14.4 Å². The molecule has 1 aliphatic rings. The van der Waals surface area contributed by atoms with Gasteiger partial charge in [-0.3, -0.25) is 14.2 Å². The van der Waals surface area contributed by atoms with Crippen LogP contribution in [0.1, 0.15) is 16.9 Å². The Hall–Kier alpha value is -3.16. The highest BCUT2D eigenvalue weighted by atomic mass is 35.5. The lowest BCUT2D eigenvalue weighted by molar-refractivity contribution is -0.119. The van der Waals surface area contributed by atoms with Gasteiger partial charge in [0.15, 0.2) is 0 Å². The van der Waals surface area contributed by atoms with Crippen LogP contribution < -0.4 is 16.1 Å². The number of amides is 1. The lowest BCUT2D eigenvalue weighted by atomic mass is 10.0. The summed E-state index contributed by atoms with van der Waals surface area (Å²) in [6, 6.07) is 16.2. The number of aryl methyl sites for hydroxylation is 2. The van der Waals surface area contributed by atoms with Gasteiger partial charge >= 0.3 is 5.69 Å². The first-order valence-corrected chi connectivity index (χ1v) is 11.5. The number of thiophene rings is 1. The summed E-state index contributed by atoms with van der Waals surface area (Å²) >= 11 is 7.45. The third-order valence-electron chi connectivity index (χ3n) is 5.71. The Balaban J connectivity index is 1.66. The molecule has 32 heavy (non-hydrogen) atoms. The number of aromatic nitrogens is 2. The summed E-state index contributed by atoms with van der Waals surface area (Å²) in [4.78, 5) is 43.2. The van der Waals surface area contributed by atoms with Crippen LogP contribution in [0.15, 0.2) is 64.2 Å². The molecule has 4 aromatic rings. The van der Waals surface area contributed by atoms with E-state index < -0.39 is 11.2 Å². The average molecular weight is 466 g/mol. The minimum Gasteiger partial charge on any atom is -0.311 e. The fraction of sp³-hybridized carbons (Fsp3) is 0.208. The van der Waals surface area contributed by atoms with Gasteiger partial charge in [0.25, 0.3) is 5.56 Å². The average Bonchev–Trinajstić information content (AvgIpc) is 3.18. The topological polar surface area (TPSA) is 64.3 Å². The largest absolute Gasteiger partial charge is 0.337 e. The summed E-state index contributed by atoms with van der Waals surface area (Å²) in [6.07, 6.45) is 1.79. The normalized spacial score (nSPS) is 13.4. The number of nitrogens with zero attached hydrogens (tertiary/aromatic N) is 3. The molecule has 0 saturated heterocycles. The number of halogens is 1. The quantitative estimate of drug-likeness (QED) is 0.456. The first-order chi connectivity index (χ1) is 15.4. The van der Waals surface area contributed by atoms with Gasteiger partial charge < -0.3 is 4.90 Å². The zero-order valence-corrected chi connectivity index (χ0v) is 18.9. The highest BCUT2D eigenvalue weighted by molar-refractivity contribution is 7.18. The van der Waals surface area contributed by atoms with Crippen LogP contribution >= 0.6 is 22.9 Å².